The van der Waals surface area contributed by atoms with Crippen molar-refractivity contribution in [2.24, 2.45) is 0 Å². The average molecular weight is 273 g/mol. The van der Waals surface area contributed by atoms with Gasteiger partial charge in [-0.2, -0.15) is 0 Å². The minimum Gasteiger partial charge on any atom is -0.392 e. The first-order valence-corrected chi connectivity index (χ1v) is 5.72. The number of nitro benzene ring substituents is 1. The molecule has 2 rings (SSSR count). The predicted octanol–water partition coefficient (Wildman–Crippen LogP) is 1.73. The van der Waals surface area contributed by atoms with Crippen LogP contribution in [0.5, 0.6) is 0 Å². The molecule has 7 nitrogen and oxygen atoms in total. The zero-order valence-electron chi connectivity index (χ0n) is 10.3. The van der Waals surface area contributed by atoms with Gasteiger partial charge in [0, 0.05) is 23.9 Å². The molecule has 0 bridgehead atoms. The number of non-ortho nitro benzene ring substituents is 1. The smallest absolute Gasteiger partial charge is 0.270 e. The largest absolute Gasteiger partial charge is 0.392 e. The first-order valence-electron chi connectivity index (χ1n) is 5.72. The number of nitro groups is 1. The highest BCUT2D eigenvalue weighted by Crippen LogP contribution is 2.15. The first kappa shape index (κ1) is 13.6. The van der Waals surface area contributed by atoms with E-state index in [-0.39, 0.29) is 23.7 Å². The van der Waals surface area contributed by atoms with E-state index in [9.17, 15) is 14.9 Å². The van der Waals surface area contributed by atoms with E-state index >= 15 is 0 Å². The molecule has 0 unspecified atom stereocenters. The van der Waals surface area contributed by atoms with Gasteiger partial charge in [0.05, 0.1) is 11.5 Å². The molecule has 2 N–H and O–H groups in total. The van der Waals surface area contributed by atoms with Crippen molar-refractivity contribution in [3.8, 4) is 0 Å². The van der Waals surface area contributed by atoms with Crippen molar-refractivity contribution in [3.63, 3.8) is 0 Å². The molecule has 0 spiro atoms. The predicted molar refractivity (Wildman–Crippen MR) is 71.2 cm³/mol. The minimum atomic E-state index is -0.568. The number of hydrogen-bond acceptors (Lipinski definition) is 5. The standard InChI is InChI=1S/C13H11N3O4/c17-8-9-4-5-14-12(6-9)15-13(18)10-2-1-3-11(7-10)16(19)20/h1-7,17H,8H2,(H,14,15,18). The van der Waals surface area contributed by atoms with E-state index in [1.165, 1.54) is 36.5 Å². The number of amides is 1. The number of hydrogen-bond donors (Lipinski definition) is 2. The quantitative estimate of drug-likeness (QED) is 0.652. The summed E-state index contributed by atoms with van der Waals surface area (Å²) in [5.41, 5.74) is 0.611. The molecule has 0 aliphatic carbocycles. The van der Waals surface area contributed by atoms with E-state index in [1.54, 1.807) is 6.07 Å². The van der Waals surface area contributed by atoms with Gasteiger partial charge in [0.15, 0.2) is 0 Å². The Labute approximate surface area is 114 Å². The zero-order chi connectivity index (χ0) is 14.5. The lowest BCUT2D eigenvalue weighted by molar-refractivity contribution is -0.384. The minimum absolute atomic E-state index is 0.158. The number of nitrogens with one attached hydrogen (secondary N) is 1. The van der Waals surface area contributed by atoms with Crippen molar-refractivity contribution < 1.29 is 14.8 Å². The van der Waals surface area contributed by atoms with Gasteiger partial charge in [0.1, 0.15) is 5.82 Å². The summed E-state index contributed by atoms with van der Waals surface area (Å²) in [4.78, 5) is 26.0. The second kappa shape index (κ2) is 5.89. The van der Waals surface area contributed by atoms with Crippen molar-refractivity contribution in [3.05, 3.63) is 63.8 Å². The molecule has 0 aliphatic heterocycles. The summed E-state index contributed by atoms with van der Waals surface area (Å²) in [6, 6.07) is 8.54. The summed E-state index contributed by atoms with van der Waals surface area (Å²) >= 11 is 0. The van der Waals surface area contributed by atoms with Crippen molar-refractivity contribution in [2.75, 3.05) is 5.32 Å². The van der Waals surface area contributed by atoms with Crippen molar-refractivity contribution in [1.82, 2.24) is 4.98 Å². The molecule has 102 valence electrons. The summed E-state index contributed by atoms with van der Waals surface area (Å²) < 4.78 is 0. The van der Waals surface area contributed by atoms with Gasteiger partial charge < -0.3 is 10.4 Å². The third kappa shape index (κ3) is 3.15. The molecule has 0 saturated heterocycles. The summed E-state index contributed by atoms with van der Waals surface area (Å²) in [6.45, 7) is -0.164. The molecule has 7 heteroatoms. The van der Waals surface area contributed by atoms with Gasteiger partial charge in [0.25, 0.3) is 11.6 Å². The lowest BCUT2D eigenvalue weighted by Gasteiger charge is -2.05. The van der Waals surface area contributed by atoms with Gasteiger partial charge in [-0.25, -0.2) is 4.98 Å². The van der Waals surface area contributed by atoms with Crippen LogP contribution in [0.3, 0.4) is 0 Å². The number of pyridine rings is 1. The van der Waals surface area contributed by atoms with E-state index in [1.807, 2.05) is 0 Å². The zero-order valence-corrected chi connectivity index (χ0v) is 10.3. The van der Waals surface area contributed by atoms with Gasteiger partial charge in [-0.15, -0.1) is 0 Å². The second-order valence-electron chi connectivity index (χ2n) is 3.97. The number of aromatic nitrogens is 1. The Bertz CT molecular complexity index is 658. The molecule has 1 aromatic heterocycles. The maximum absolute atomic E-state index is 12.0. The topological polar surface area (TPSA) is 105 Å². The fourth-order valence-electron chi connectivity index (χ4n) is 1.59. The average Bonchev–Trinajstić information content (AvgIpc) is 2.47. The van der Waals surface area contributed by atoms with Crippen LogP contribution >= 0.6 is 0 Å². The molecule has 0 fully saturated rings. The molecule has 0 atom stereocenters. The lowest BCUT2D eigenvalue weighted by atomic mass is 10.2. The molecule has 1 amide bonds. The molecular formula is C13H11N3O4. The van der Waals surface area contributed by atoms with Crippen LogP contribution in [-0.4, -0.2) is 20.9 Å². The number of anilines is 1. The van der Waals surface area contributed by atoms with Crippen molar-refractivity contribution in [2.45, 2.75) is 6.61 Å². The Balaban J connectivity index is 2.19. The number of carbonyl (C=O) groups is 1. The molecule has 1 aromatic carbocycles. The lowest BCUT2D eigenvalue weighted by Crippen LogP contribution is -2.13. The Kier molecular flexibility index (Phi) is 4.02. The monoisotopic (exact) mass is 273 g/mol. The number of aliphatic hydroxyl groups excluding tert-OH is 1. The van der Waals surface area contributed by atoms with Crippen LogP contribution in [0.4, 0.5) is 11.5 Å². The summed E-state index contributed by atoms with van der Waals surface area (Å²) in [7, 11) is 0. The number of aliphatic hydroxyl groups is 1. The van der Waals surface area contributed by atoms with Crippen LogP contribution in [0.2, 0.25) is 0 Å². The van der Waals surface area contributed by atoms with Gasteiger partial charge >= 0.3 is 0 Å². The van der Waals surface area contributed by atoms with Crippen LogP contribution in [-0.2, 0) is 6.61 Å². The van der Waals surface area contributed by atoms with Crippen LogP contribution < -0.4 is 5.32 Å². The van der Waals surface area contributed by atoms with Gasteiger partial charge in [-0.1, -0.05) is 6.07 Å². The van der Waals surface area contributed by atoms with Crippen LogP contribution in [0.15, 0.2) is 42.6 Å². The summed E-state index contributed by atoms with van der Waals surface area (Å²) in [5, 5.41) is 22.2. The van der Waals surface area contributed by atoms with Crippen molar-refractivity contribution >= 4 is 17.4 Å². The van der Waals surface area contributed by atoms with E-state index in [0.717, 1.165) is 0 Å². The van der Waals surface area contributed by atoms with Crippen LogP contribution in [0.25, 0.3) is 0 Å². The Morgan fingerprint density at radius 3 is 2.85 bits per heavy atom. The molecule has 2 aromatic rings. The van der Waals surface area contributed by atoms with E-state index < -0.39 is 10.8 Å². The third-order valence-corrected chi connectivity index (χ3v) is 2.57. The fraction of sp³-hybridized carbons (Fsp3) is 0.0769. The second-order valence-corrected chi connectivity index (χ2v) is 3.97. The summed E-state index contributed by atoms with van der Waals surface area (Å²) in [6.07, 6.45) is 1.45. The molecule has 20 heavy (non-hydrogen) atoms. The maximum atomic E-state index is 12.0. The highest BCUT2D eigenvalue weighted by Gasteiger charge is 2.12. The number of carbonyl (C=O) groups excluding carboxylic acids is 1. The van der Waals surface area contributed by atoms with E-state index in [4.69, 9.17) is 5.11 Å². The highest BCUT2D eigenvalue weighted by atomic mass is 16.6. The Morgan fingerprint density at radius 1 is 1.35 bits per heavy atom. The van der Waals surface area contributed by atoms with Crippen LogP contribution in [0.1, 0.15) is 15.9 Å². The molecule has 1 heterocycles. The molecular weight excluding hydrogens is 262 g/mol. The SMILES string of the molecule is O=C(Nc1cc(CO)ccn1)c1cccc([N+](=O)[O-])c1. The number of benzene rings is 1. The Morgan fingerprint density at radius 2 is 2.15 bits per heavy atom. The Hall–Kier alpha value is -2.80. The molecule has 0 radical (unpaired) electrons. The maximum Gasteiger partial charge on any atom is 0.270 e. The number of nitrogens with zero attached hydrogens (tertiary/aromatic N) is 2. The van der Waals surface area contributed by atoms with E-state index in [0.29, 0.717) is 5.56 Å². The highest BCUT2D eigenvalue weighted by molar-refractivity contribution is 6.04. The molecule has 0 aliphatic rings. The molecule has 0 saturated carbocycles. The first-order chi connectivity index (χ1) is 9.60. The number of rotatable bonds is 4. The van der Waals surface area contributed by atoms with Gasteiger partial charge in [-0.3, -0.25) is 14.9 Å². The fourth-order valence-corrected chi connectivity index (χ4v) is 1.59. The van der Waals surface area contributed by atoms with E-state index in [2.05, 4.69) is 10.3 Å². The third-order valence-electron chi connectivity index (χ3n) is 2.57. The van der Waals surface area contributed by atoms with Crippen LogP contribution in [0, 0.1) is 10.1 Å². The van der Waals surface area contributed by atoms with Gasteiger partial charge in [0.2, 0.25) is 0 Å². The van der Waals surface area contributed by atoms with Gasteiger partial charge in [-0.05, 0) is 23.8 Å². The summed E-state index contributed by atoms with van der Waals surface area (Å²) in [5.74, 6) is -0.232. The van der Waals surface area contributed by atoms with Crippen molar-refractivity contribution in [1.29, 1.82) is 0 Å². The normalized spacial score (nSPS) is 10.1.